The van der Waals surface area contributed by atoms with Crippen molar-refractivity contribution in [1.29, 1.82) is 0 Å². The van der Waals surface area contributed by atoms with Gasteiger partial charge in [-0.2, -0.15) is 0 Å². The standard InChI is InChI=1S/C18H28O10/c1-4-7-10(19)25-13-14(26-11(20)8-5-2)16(27-12(21)9-6-3)18(24)28-15(13)17(22)23/h13-16,18,24H,4-9H2,1-3H3,(H,22,23)/t13-,14-,15-,16+,18?/m0/s1. The van der Waals surface area contributed by atoms with E-state index in [0.717, 1.165) is 0 Å². The second-order valence-corrected chi connectivity index (χ2v) is 6.40. The average Bonchev–Trinajstić information content (AvgIpc) is 2.60. The molecule has 1 rings (SSSR count). The summed E-state index contributed by atoms with van der Waals surface area (Å²) in [4.78, 5) is 47.5. The topological polar surface area (TPSA) is 146 Å². The number of rotatable bonds is 10. The number of carboxylic acids is 1. The first kappa shape index (κ1) is 23.8. The van der Waals surface area contributed by atoms with E-state index in [9.17, 15) is 29.4 Å². The number of carbonyl (C=O) groups is 4. The lowest BCUT2D eigenvalue weighted by molar-refractivity contribution is -0.290. The van der Waals surface area contributed by atoms with Gasteiger partial charge in [0.25, 0.3) is 0 Å². The highest BCUT2D eigenvalue weighted by molar-refractivity contribution is 5.76. The Kier molecular flexibility index (Phi) is 9.88. The highest BCUT2D eigenvalue weighted by Gasteiger charge is 2.54. The first-order chi connectivity index (χ1) is 13.2. The number of carboxylic acid groups (broad SMARTS) is 1. The molecule has 0 radical (unpaired) electrons. The monoisotopic (exact) mass is 404 g/mol. The van der Waals surface area contributed by atoms with Crippen molar-refractivity contribution in [3.8, 4) is 0 Å². The number of carbonyl (C=O) groups excluding carboxylic acids is 3. The first-order valence-electron chi connectivity index (χ1n) is 9.39. The molecule has 28 heavy (non-hydrogen) atoms. The Balaban J connectivity index is 3.20. The van der Waals surface area contributed by atoms with E-state index in [1.165, 1.54) is 0 Å². The molecule has 0 aliphatic carbocycles. The number of ether oxygens (including phenoxy) is 4. The van der Waals surface area contributed by atoms with E-state index in [1.54, 1.807) is 20.8 Å². The fourth-order valence-corrected chi connectivity index (χ4v) is 2.66. The molecule has 1 heterocycles. The van der Waals surface area contributed by atoms with Gasteiger partial charge in [0.1, 0.15) is 0 Å². The van der Waals surface area contributed by atoms with Crippen LogP contribution in [-0.2, 0) is 38.1 Å². The minimum absolute atomic E-state index is 0.00130. The van der Waals surface area contributed by atoms with Crippen LogP contribution in [0.3, 0.4) is 0 Å². The number of hydrogen-bond donors (Lipinski definition) is 2. The largest absolute Gasteiger partial charge is 0.479 e. The maximum absolute atomic E-state index is 12.0. The zero-order chi connectivity index (χ0) is 21.3. The molecule has 0 aromatic rings. The lowest BCUT2D eigenvalue weighted by Gasteiger charge is -2.41. The van der Waals surface area contributed by atoms with Crippen molar-refractivity contribution in [2.75, 3.05) is 0 Å². The number of esters is 3. The summed E-state index contributed by atoms with van der Waals surface area (Å²) in [6.07, 6.45) is -6.90. The molecular weight excluding hydrogens is 376 g/mol. The molecule has 0 aromatic heterocycles. The Morgan fingerprint density at radius 2 is 1.14 bits per heavy atom. The molecule has 1 aliphatic rings. The zero-order valence-corrected chi connectivity index (χ0v) is 16.3. The maximum atomic E-state index is 12.0. The minimum atomic E-state index is -1.87. The molecule has 160 valence electrons. The van der Waals surface area contributed by atoms with Crippen LogP contribution in [0, 0.1) is 0 Å². The molecule has 1 saturated heterocycles. The normalized spacial score (nSPS) is 26.9. The van der Waals surface area contributed by atoms with Crippen LogP contribution in [0.1, 0.15) is 59.3 Å². The second kappa shape index (κ2) is 11.6. The third kappa shape index (κ3) is 6.75. The molecule has 1 unspecified atom stereocenters. The summed E-state index contributed by atoms with van der Waals surface area (Å²) >= 11 is 0. The van der Waals surface area contributed by atoms with Crippen LogP contribution in [0.5, 0.6) is 0 Å². The molecule has 1 fully saturated rings. The van der Waals surface area contributed by atoms with E-state index in [1.807, 2.05) is 0 Å². The molecule has 0 saturated carbocycles. The minimum Gasteiger partial charge on any atom is -0.479 e. The van der Waals surface area contributed by atoms with Gasteiger partial charge in [-0.25, -0.2) is 4.79 Å². The number of aliphatic carboxylic acids is 1. The number of aliphatic hydroxyl groups excluding tert-OH is 1. The van der Waals surface area contributed by atoms with Crippen molar-refractivity contribution < 1.29 is 48.3 Å². The van der Waals surface area contributed by atoms with Gasteiger partial charge < -0.3 is 29.2 Å². The highest BCUT2D eigenvalue weighted by Crippen LogP contribution is 2.29. The first-order valence-corrected chi connectivity index (χ1v) is 9.39. The van der Waals surface area contributed by atoms with Gasteiger partial charge in [0.2, 0.25) is 0 Å². The SMILES string of the molecule is CCCC(=O)O[C@H]1[C@H](OC(=O)CCC)[C@@H](OC(=O)CCC)C(O)O[C@@H]1C(=O)O. The number of hydrogen-bond acceptors (Lipinski definition) is 9. The molecule has 2 N–H and O–H groups in total. The van der Waals surface area contributed by atoms with Crippen molar-refractivity contribution in [3.05, 3.63) is 0 Å². The van der Waals surface area contributed by atoms with Crippen LogP contribution in [-0.4, -0.2) is 64.8 Å². The lowest BCUT2D eigenvalue weighted by Crippen LogP contribution is -2.63. The van der Waals surface area contributed by atoms with Gasteiger partial charge in [0.05, 0.1) is 0 Å². The maximum Gasteiger partial charge on any atom is 0.337 e. The van der Waals surface area contributed by atoms with Gasteiger partial charge in [-0.05, 0) is 19.3 Å². The molecular formula is C18H28O10. The Bertz CT molecular complexity index is 561. The molecule has 0 spiro atoms. The van der Waals surface area contributed by atoms with Crippen molar-refractivity contribution in [2.24, 2.45) is 0 Å². The summed E-state index contributed by atoms with van der Waals surface area (Å²) in [5.41, 5.74) is 0. The molecule has 5 atom stereocenters. The van der Waals surface area contributed by atoms with E-state index in [4.69, 9.17) is 18.9 Å². The molecule has 1 aliphatic heterocycles. The van der Waals surface area contributed by atoms with Gasteiger partial charge in [0.15, 0.2) is 30.7 Å². The average molecular weight is 404 g/mol. The zero-order valence-electron chi connectivity index (χ0n) is 16.3. The summed E-state index contributed by atoms with van der Waals surface area (Å²) < 4.78 is 20.6. The number of aliphatic hydroxyl groups is 1. The molecule has 0 bridgehead atoms. The quantitative estimate of drug-likeness (QED) is 0.398. The van der Waals surface area contributed by atoms with Gasteiger partial charge in [-0.1, -0.05) is 20.8 Å². The smallest absolute Gasteiger partial charge is 0.337 e. The van der Waals surface area contributed by atoms with Crippen molar-refractivity contribution in [3.63, 3.8) is 0 Å². The Labute approximate surface area is 163 Å². The lowest BCUT2D eigenvalue weighted by atomic mass is 9.97. The fourth-order valence-electron chi connectivity index (χ4n) is 2.66. The van der Waals surface area contributed by atoms with Crippen LogP contribution in [0.15, 0.2) is 0 Å². The fraction of sp³-hybridized carbons (Fsp3) is 0.778. The van der Waals surface area contributed by atoms with E-state index in [0.29, 0.717) is 19.3 Å². The van der Waals surface area contributed by atoms with Crippen LogP contribution in [0.25, 0.3) is 0 Å². The van der Waals surface area contributed by atoms with Gasteiger partial charge in [-0.3, -0.25) is 14.4 Å². The van der Waals surface area contributed by atoms with E-state index >= 15 is 0 Å². The van der Waals surface area contributed by atoms with E-state index in [2.05, 4.69) is 0 Å². The molecule has 0 aromatic carbocycles. The van der Waals surface area contributed by atoms with Crippen molar-refractivity contribution >= 4 is 23.9 Å². The third-order valence-electron chi connectivity index (χ3n) is 3.92. The Morgan fingerprint density at radius 3 is 1.54 bits per heavy atom. The molecule has 10 heteroatoms. The van der Waals surface area contributed by atoms with E-state index in [-0.39, 0.29) is 19.3 Å². The van der Waals surface area contributed by atoms with Crippen molar-refractivity contribution in [2.45, 2.75) is 90.0 Å². The Morgan fingerprint density at radius 1 is 0.750 bits per heavy atom. The van der Waals surface area contributed by atoms with Crippen LogP contribution < -0.4 is 0 Å². The van der Waals surface area contributed by atoms with Gasteiger partial charge in [0, 0.05) is 19.3 Å². The summed E-state index contributed by atoms with van der Waals surface area (Å²) in [7, 11) is 0. The summed E-state index contributed by atoms with van der Waals surface area (Å²) in [6.45, 7) is 5.20. The predicted molar refractivity (Wildman–Crippen MR) is 92.9 cm³/mol. The van der Waals surface area contributed by atoms with Crippen molar-refractivity contribution in [1.82, 2.24) is 0 Å². The summed E-state index contributed by atoms with van der Waals surface area (Å²) in [5.74, 6) is -3.66. The summed E-state index contributed by atoms with van der Waals surface area (Å²) in [6, 6.07) is 0. The molecule has 10 nitrogen and oxygen atoms in total. The Hall–Kier alpha value is -2.20. The highest BCUT2D eigenvalue weighted by atomic mass is 16.7. The second-order valence-electron chi connectivity index (χ2n) is 6.40. The predicted octanol–water partition coefficient (Wildman–Crippen LogP) is 0.924. The summed E-state index contributed by atoms with van der Waals surface area (Å²) in [5, 5.41) is 19.6. The molecule has 0 amide bonds. The van der Waals surface area contributed by atoms with Crippen LogP contribution >= 0.6 is 0 Å². The van der Waals surface area contributed by atoms with Crippen LogP contribution in [0.4, 0.5) is 0 Å². The van der Waals surface area contributed by atoms with Crippen LogP contribution in [0.2, 0.25) is 0 Å². The van der Waals surface area contributed by atoms with Gasteiger partial charge in [-0.15, -0.1) is 0 Å². The van der Waals surface area contributed by atoms with Gasteiger partial charge >= 0.3 is 23.9 Å². The third-order valence-corrected chi connectivity index (χ3v) is 3.92. The van der Waals surface area contributed by atoms with E-state index < -0.39 is 54.6 Å².